The second-order valence-corrected chi connectivity index (χ2v) is 6.17. The van der Waals surface area contributed by atoms with Crippen molar-refractivity contribution in [2.45, 2.75) is 18.4 Å². The second-order valence-electron chi connectivity index (χ2n) is 5.73. The van der Waals surface area contributed by atoms with Gasteiger partial charge in [-0.1, -0.05) is 41.9 Å². The molecule has 1 saturated heterocycles. The first-order valence-electron chi connectivity index (χ1n) is 7.41. The zero-order chi connectivity index (χ0) is 15.6. The Labute approximate surface area is 135 Å². The standard InChI is InChI=1S/C18H18ClNO2/c19-16-9-7-14(8-10-16)17(21)20-12-4-11-18(22,13-20)15-5-2-1-3-6-15/h1-3,5-10,22H,4,11-13H2. The molecule has 0 aromatic heterocycles. The number of rotatable bonds is 2. The van der Waals surface area contributed by atoms with Crippen LogP contribution in [0.15, 0.2) is 54.6 Å². The van der Waals surface area contributed by atoms with Gasteiger partial charge in [0, 0.05) is 17.1 Å². The molecule has 1 aliphatic heterocycles. The number of halogens is 1. The average Bonchev–Trinajstić information content (AvgIpc) is 2.56. The van der Waals surface area contributed by atoms with E-state index in [9.17, 15) is 9.90 Å². The molecule has 1 atom stereocenters. The molecule has 1 heterocycles. The molecule has 22 heavy (non-hydrogen) atoms. The Morgan fingerprint density at radius 3 is 2.45 bits per heavy atom. The fraction of sp³-hybridized carbons (Fsp3) is 0.278. The van der Waals surface area contributed by atoms with E-state index in [1.54, 1.807) is 29.2 Å². The molecule has 0 saturated carbocycles. The highest BCUT2D eigenvalue weighted by Crippen LogP contribution is 2.32. The van der Waals surface area contributed by atoms with Crippen molar-refractivity contribution in [1.82, 2.24) is 4.90 Å². The molecule has 1 amide bonds. The fourth-order valence-electron chi connectivity index (χ4n) is 2.97. The largest absolute Gasteiger partial charge is 0.383 e. The first kappa shape index (κ1) is 15.1. The lowest BCUT2D eigenvalue weighted by molar-refractivity contribution is -0.0289. The highest BCUT2D eigenvalue weighted by molar-refractivity contribution is 6.30. The SMILES string of the molecule is O=C(c1ccc(Cl)cc1)N1CCCC(O)(c2ccccc2)C1. The summed E-state index contributed by atoms with van der Waals surface area (Å²) in [5.74, 6) is -0.0641. The molecular formula is C18H18ClNO2. The fourth-order valence-corrected chi connectivity index (χ4v) is 3.09. The number of piperidine rings is 1. The maximum atomic E-state index is 12.6. The molecule has 3 rings (SSSR count). The van der Waals surface area contributed by atoms with Gasteiger partial charge in [0.05, 0.1) is 6.54 Å². The van der Waals surface area contributed by atoms with Crippen LogP contribution in [0.3, 0.4) is 0 Å². The smallest absolute Gasteiger partial charge is 0.253 e. The van der Waals surface area contributed by atoms with Gasteiger partial charge in [-0.15, -0.1) is 0 Å². The van der Waals surface area contributed by atoms with Gasteiger partial charge in [0.15, 0.2) is 0 Å². The molecule has 0 radical (unpaired) electrons. The van der Waals surface area contributed by atoms with E-state index in [0.717, 1.165) is 12.0 Å². The maximum Gasteiger partial charge on any atom is 0.253 e. The molecule has 1 aliphatic rings. The van der Waals surface area contributed by atoms with Crippen LogP contribution in [0.25, 0.3) is 0 Å². The minimum atomic E-state index is -0.971. The molecule has 3 nitrogen and oxygen atoms in total. The van der Waals surface area contributed by atoms with Crippen LogP contribution in [-0.4, -0.2) is 29.0 Å². The molecule has 2 aromatic carbocycles. The van der Waals surface area contributed by atoms with Crippen LogP contribution in [0.1, 0.15) is 28.8 Å². The molecule has 114 valence electrons. The average molecular weight is 316 g/mol. The number of benzene rings is 2. The predicted octanol–water partition coefficient (Wildman–Crippen LogP) is 3.46. The molecule has 0 aliphatic carbocycles. The number of hydrogen-bond donors (Lipinski definition) is 1. The summed E-state index contributed by atoms with van der Waals surface area (Å²) in [5, 5.41) is 11.5. The number of aliphatic hydroxyl groups is 1. The summed E-state index contributed by atoms with van der Waals surface area (Å²) >= 11 is 5.86. The van der Waals surface area contributed by atoms with Crippen LogP contribution in [0.4, 0.5) is 0 Å². The highest BCUT2D eigenvalue weighted by atomic mass is 35.5. The number of β-amino-alcohol motifs (C(OH)–C–C–N with tert-alkyl or cyclic N) is 1. The lowest BCUT2D eigenvalue weighted by atomic mass is 9.85. The Balaban J connectivity index is 1.81. The Kier molecular flexibility index (Phi) is 4.19. The van der Waals surface area contributed by atoms with E-state index in [1.807, 2.05) is 30.3 Å². The van der Waals surface area contributed by atoms with Crippen LogP contribution in [0, 0.1) is 0 Å². The molecule has 0 bridgehead atoms. The van der Waals surface area contributed by atoms with E-state index in [0.29, 0.717) is 30.1 Å². The highest BCUT2D eigenvalue weighted by Gasteiger charge is 2.36. The van der Waals surface area contributed by atoms with Gasteiger partial charge in [-0.3, -0.25) is 4.79 Å². The van der Waals surface area contributed by atoms with Crippen LogP contribution < -0.4 is 0 Å². The van der Waals surface area contributed by atoms with E-state index < -0.39 is 5.60 Å². The third-order valence-corrected chi connectivity index (χ3v) is 4.41. The Hall–Kier alpha value is -1.84. The van der Waals surface area contributed by atoms with Crippen molar-refractivity contribution in [3.63, 3.8) is 0 Å². The van der Waals surface area contributed by atoms with E-state index >= 15 is 0 Å². The quantitative estimate of drug-likeness (QED) is 0.922. The third-order valence-electron chi connectivity index (χ3n) is 4.16. The summed E-state index contributed by atoms with van der Waals surface area (Å²) in [6, 6.07) is 16.4. The molecule has 4 heteroatoms. The Morgan fingerprint density at radius 2 is 1.77 bits per heavy atom. The van der Waals surface area contributed by atoms with Crippen molar-refractivity contribution >= 4 is 17.5 Å². The number of likely N-dealkylation sites (tertiary alicyclic amines) is 1. The number of carbonyl (C=O) groups is 1. The lowest BCUT2D eigenvalue weighted by Gasteiger charge is -2.39. The molecule has 1 N–H and O–H groups in total. The first-order valence-corrected chi connectivity index (χ1v) is 7.79. The minimum Gasteiger partial charge on any atom is -0.383 e. The molecule has 0 spiro atoms. The van der Waals surface area contributed by atoms with Gasteiger partial charge < -0.3 is 10.0 Å². The van der Waals surface area contributed by atoms with Crippen molar-refractivity contribution in [2.75, 3.05) is 13.1 Å². The summed E-state index contributed by atoms with van der Waals surface area (Å²) in [6.45, 7) is 0.981. The maximum absolute atomic E-state index is 12.6. The molecule has 2 aromatic rings. The van der Waals surface area contributed by atoms with Crippen molar-refractivity contribution in [3.8, 4) is 0 Å². The summed E-state index contributed by atoms with van der Waals surface area (Å²) in [4.78, 5) is 14.3. The van der Waals surface area contributed by atoms with Crippen molar-refractivity contribution in [1.29, 1.82) is 0 Å². The van der Waals surface area contributed by atoms with Crippen LogP contribution in [0.2, 0.25) is 5.02 Å². The summed E-state index contributed by atoms with van der Waals surface area (Å²) < 4.78 is 0. The first-order chi connectivity index (χ1) is 10.6. The van der Waals surface area contributed by atoms with E-state index in [1.165, 1.54) is 0 Å². The van der Waals surface area contributed by atoms with Crippen molar-refractivity contribution in [2.24, 2.45) is 0 Å². The molecular weight excluding hydrogens is 298 g/mol. The van der Waals surface area contributed by atoms with E-state index in [-0.39, 0.29) is 5.91 Å². The van der Waals surface area contributed by atoms with Crippen molar-refractivity contribution in [3.05, 3.63) is 70.7 Å². The Bertz CT molecular complexity index is 657. The van der Waals surface area contributed by atoms with Crippen LogP contribution in [0.5, 0.6) is 0 Å². The third kappa shape index (κ3) is 3.01. The van der Waals surface area contributed by atoms with Gasteiger partial charge >= 0.3 is 0 Å². The number of carbonyl (C=O) groups excluding carboxylic acids is 1. The van der Waals surface area contributed by atoms with Crippen LogP contribution >= 0.6 is 11.6 Å². The topological polar surface area (TPSA) is 40.5 Å². The predicted molar refractivity (Wildman–Crippen MR) is 86.9 cm³/mol. The normalized spacial score (nSPS) is 21.6. The number of hydrogen-bond acceptors (Lipinski definition) is 2. The Morgan fingerprint density at radius 1 is 1.09 bits per heavy atom. The number of amides is 1. The summed E-state index contributed by atoms with van der Waals surface area (Å²) in [7, 11) is 0. The van der Waals surface area contributed by atoms with Gasteiger partial charge in [-0.25, -0.2) is 0 Å². The lowest BCUT2D eigenvalue weighted by Crippen LogP contribution is -2.48. The molecule has 1 fully saturated rings. The minimum absolute atomic E-state index is 0.0641. The van der Waals surface area contributed by atoms with Crippen molar-refractivity contribution < 1.29 is 9.90 Å². The summed E-state index contributed by atoms with van der Waals surface area (Å²) in [6.07, 6.45) is 1.45. The monoisotopic (exact) mass is 315 g/mol. The van der Waals surface area contributed by atoms with E-state index in [2.05, 4.69) is 0 Å². The van der Waals surface area contributed by atoms with Gasteiger partial charge in [0.1, 0.15) is 5.60 Å². The van der Waals surface area contributed by atoms with Gasteiger partial charge in [-0.05, 0) is 42.7 Å². The van der Waals surface area contributed by atoms with E-state index in [4.69, 9.17) is 11.6 Å². The van der Waals surface area contributed by atoms with Gasteiger partial charge in [0.2, 0.25) is 0 Å². The van der Waals surface area contributed by atoms with Gasteiger partial charge in [0.25, 0.3) is 5.91 Å². The van der Waals surface area contributed by atoms with Crippen LogP contribution in [-0.2, 0) is 5.60 Å². The zero-order valence-electron chi connectivity index (χ0n) is 12.2. The summed E-state index contributed by atoms with van der Waals surface area (Å²) in [5.41, 5.74) is 0.493. The second kappa shape index (κ2) is 6.11. The zero-order valence-corrected chi connectivity index (χ0v) is 13.0. The molecule has 1 unspecified atom stereocenters. The number of nitrogens with zero attached hydrogens (tertiary/aromatic N) is 1. The van der Waals surface area contributed by atoms with Gasteiger partial charge in [-0.2, -0.15) is 0 Å².